The summed E-state index contributed by atoms with van der Waals surface area (Å²) >= 11 is 3.36. The third-order valence-electron chi connectivity index (χ3n) is 2.68. The largest absolute Gasteiger partial charge is 0.490 e. The van der Waals surface area contributed by atoms with Crippen molar-refractivity contribution in [1.82, 2.24) is 0 Å². The molecule has 0 radical (unpaired) electrons. The number of halogens is 1. The highest BCUT2D eigenvalue weighted by Crippen LogP contribution is 2.26. The SMILES string of the molecule is CCOc1ccccc1OCC(=O)c1ccccc1Br. The van der Waals surface area contributed by atoms with Crippen LogP contribution in [-0.2, 0) is 0 Å². The van der Waals surface area contributed by atoms with Gasteiger partial charge in [0.2, 0.25) is 5.78 Å². The summed E-state index contributed by atoms with van der Waals surface area (Å²) < 4.78 is 11.8. The smallest absolute Gasteiger partial charge is 0.201 e. The lowest BCUT2D eigenvalue weighted by Gasteiger charge is -2.11. The first-order valence-electron chi connectivity index (χ1n) is 6.34. The fourth-order valence-electron chi connectivity index (χ4n) is 1.75. The van der Waals surface area contributed by atoms with E-state index in [1.54, 1.807) is 12.1 Å². The highest BCUT2D eigenvalue weighted by Gasteiger charge is 2.11. The molecule has 0 amide bonds. The first-order chi connectivity index (χ1) is 9.72. The van der Waals surface area contributed by atoms with Gasteiger partial charge in [0.25, 0.3) is 0 Å². The van der Waals surface area contributed by atoms with E-state index in [0.717, 1.165) is 4.47 Å². The number of hydrogen-bond acceptors (Lipinski definition) is 3. The van der Waals surface area contributed by atoms with E-state index in [-0.39, 0.29) is 12.4 Å². The molecule has 0 unspecified atom stereocenters. The second-order valence-electron chi connectivity index (χ2n) is 4.07. The van der Waals surface area contributed by atoms with Crippen molar-refractivity contribution in [3.8, 4) is 11.5 Å². The van der Waals surface area contributed by atoms with E-state index >= 15 is 0 Å². The van der Waals surface area contributed by atoms with Gasteiger partial charge in [0, 0.05) is 10.0 Å². The zero-order valence-electron chi connectivity index (χ0n) is 11.1. The Bertz CT molecular complexity index is 596. The summed E-state index contributed by atoms with van der Waals surface area (Å²) in [4.78, 5) is 12.1. The number of ether oxygens (including phenoxy) is 2. The Morgan fingerprint density at radius 1 is 1.00 bits per heavy atom. The Balaban J connectivity index is 2.06. The van der Waals surface area contributed by atoms with Crippen LogP contribution in [0.4, 0.5) is 0 Å². The number of para-hydroxylation sites is 2. The molecule has 2 aromatic rings. The molecule has 4 heteroatoms. The van der Waals surface area contributed by atoms with Gasteiger partial charge in [-0.05, 0) is 25.1 Å². The molecule has 3 nitrogen and oxygen atoms in total. The molecule has 104 valence electrons. The molecular weight excluding hydrogens is 320 g/mol. The minimum Gasteiger partial charge on any atom is -0.490 e. The van der Waals surface area contributed by atoms with Crippen molar-refractivity contribution in [2.24, 2.45) is 0 Å². The fourth-order valence-corrected chi connectivity index (χ4v) is 2.26. The van der Waals surface area contributed by atoms with Gasteiger partial charge >= 0.3 is 0 Å². The van der Waals surface area contributed by atoms with E-state index < -0.39 is 0 Å². The van der Waals surface area contributed by atoms with Gasteiger partial charge in [0.15, 0.2) is 18.1 Å². The van der Waals surface area contributed by atoms with Gasteiger partial charge < -0.3 is 9.47 Å². The molecular formula is C16H15BrO3. The molecule has 0 atom stereocenters. The lowest BCUT2D eigenvalue weighted by Crippen LogP contribution is -2.12. The lowest BCUT2D eigenvalue weighted by molar-refractivity contribution is 0.0918. The van der Waals surface area contributed by atoms with E-state index in [2.05, 4.69) is 15.9 Å². The second-order valence-corrected chi connectivity index (χ2v) is 4.93. The second kappa shape index (κ2) is 7.10. The zero-order chi connectivity index (χ0) is 14.4. The molecule has 0 heterocycles. The van der Waals surface area contributed by atoms with Crippen LogP contribution in [0.2, 0.25) is 0 Å². The van der Waals surface area contributed by atoms with Crippen LogP contribution in [0.25, 0.3) is 0 Å². The quantitative estimate of drug-likeness (QED) is 0.746. The highest BCUT2D eigenvalue weighted by molar-refractivity contribution is 9.10. The average Bonchev–Trinajstić information content (AvgIpc) is 2.47. The van der Waals surface area contributed by atoms with E-state index in [4.69, 9.17) is 9.47 Å². The van der Waals surface area contributed by atoms with Gasteiger partial charge in [0.1, 0.15) is 0 Å². The number of rotatable bonds is 6. The van der Waals surface area contributed by atoms with Gasteiger partial charge in [0.05, 0.1) is 6.61 Å². The molecule has 0 aliphatic rings. The van der Waals surface area contributed by atoms with Crippen molar-refractivity contribution in [2.45, 2.75) is 6.92 Å². The molecule has 0 spiro atoms. The van der Waals surface area contributed by atoms with Crippen LogP contribution in [0.3, 0.4) is 0 Å². The van der Waals surface area contributed by atoms with Gasteiger partial charge in [-0.2, -0.15) is 0 Å². The lowest BCUT2D eigenvalue weighted by atomic mass is 10.1. The topological polar surface area (TPSA) is 35.5 Å². The summed E-state index contributed by atoms with van der Waals surface area (Å²) in [7, 11) is 0. The third kappa shape index (κ3) is 3.61. The van der Waals surface area contributed by atoms with Crippen molar-refractivity contribution in [3.63, 3.8) is 0 Å². The molecule has 0 bridgehead atoms. The van der Waals surface area contributed by atoms with Gasteiger partial charge in [-0.15, -0.1) is 0 Å². The van der Waals surface area contributed by atoms with Crippen LogP contribution in [0.15, 0.2) is 53.0 Å². The minimum atomic E-state index is -0.0798. The number of Topliss-reactive ketones (excluding diaryl/α,β-unsaturated/α-hetero) is 1. The fraction of sp³-hybridized carbons (Fsp3) is 0.188. The molecule has 20 heavy (non-hydrogen) atoms. The third-order valence-corrected chi connectivity index (χ3v) is 3.37. The standard InChI is InChI=1S/C16H15BrO3/c1-2-19-15-9-5-6-10-16(15)20-11-14(18)12-7-3-4-8-13(12)17/h3-10H,2,11H2,1H3. The Morgan fingerprint density at radius 2 is 1.60 bits per heavy atom. The number of carbonyl (C=O) groups excluding carboxylic acids is 1. The van der Waals surface area contributed by atoms with Crippen molar-refractivity contribution >= 4 is 21.7 Å². The Labute approximate surface area is 126 Å². The summed E-state index contributed by atoms with van der Waals surface area (Å²) in [5, 5.41) is 0. The Hall–Kier alpha value is -1.81. The van der Waals surface area contributed by atoms with Crippen LogP contribution >= 0.6 is 15.9 Å². The van der Waals surface area contributed by atoms with Crippen molar-refractivity contribution in [1.29, 1.82) is 0 Å². The Kier molecular flexibility index (Phi) is 5.18. The number of hydrogen-bond donors (Lipinski definition) is 0. The van der Waals surface area contributed by atoms with Crippen LogP contribution in [0.5, 0.6) is 11.5 Å². The molecule has 2 aromatic carbocycles. The highest BCUT2D eigenvalue weighted by atomic mass is 79.9. The van der Waals surface area contributed by atoms with Crippen LogP contribution in [0, 0.1) is 0 Å². The van der Waals surface area contributed by atoms with Gasteiger partial charge in [-0.1, -0.05) is 46.3 Å². The van der Waals surface area contributed by atoms with E-state index in [9.17, 15) is 4.79 Å². The summed E-state index contributed by atoms with van der Waals surface area (Å²) in [6, 6.07) is 14.6. The summed E-state index contributed by atoms with van der Waals surface area (Å²) in [6.07, 6.45) is 0. The normalized spacial score (nSPS) is 10.1. The first kappa shape index (κ1) is 14.6. The molecule has 0 saturated heterocycles. The maximum atomic E-state index is 12.1. The maximum absolute atomic E-state index is 12.1. The molecule has 0 aliphatic carbocycles. The number of ketones is 1. The molecule has 0 fully saturated rings. The zero-order valence-corrected chi connectivity index (χ0v) is 12.7. The summed E-state index contributed by atoms with van der Waals surface area (Å²) in [5.74, 6) is 1.15. The predicted octanol–water partition coefficient (Wildman–Crippen LogP) is 4.11. The number of carbonyl (C=O) groups is 1. The van der Waals surface area contributed by atoms with E-state index in [1.165, 1.54) is 0 Å². The average molecular weight is 335 g/mol. The van der Waals surface area contributed by atoms with Crippen molar-refractivity contribution in [3.05, 3.63) is 58.6 Å². The van der Waals surface area contributed by atoms with Crippen LogP contribution in [-0.4, -0.2) is 19.0 Å². The molecule has 0 N–H and O–H groups in total. The molecule has 2 rings (SSSR count). The van der Waals surface area contributed by atoms with E-state index in [1.807, 2.05) is 43.3 Å². The number of benzene rings is 2. The first-order valence-corrected chi connectivity index (χ1v) is 7.14. The van der Waals surface area contributed by atoms with Crippen LogP contribution < -0.4 is 9.47 Å². The predicted molar refractivity (Wildman–Crippen MR) is 81.6 cm³/mol. The van der Waals surface area contributed by atoms with Crippen molar-refractivity contribution < 1.29 is 14.3 Å². The van der Waals surface area contributed by atoms with Crippen LogP contribution in [0.1, 0.15) is 17.3 Å². The maximum Gasteiger partial charge on any atom is 0.201 e. The molecule has 0 aliphatic heterocycles. The summed E-state index contributed by atoms with van der Waals surface area (Å²) in [5.41, 5.74) is 0.612. The molecule has 0 aromatic heterocycles. The minimum absolute atomic E-state index is 0.0211. The van der Waals surface area contributed by atoms with E-state index in [0.29, 0.717) is 23.7 Å². The summed E-state index contributed by atoms with van der Waals surface area (Å²) in [6.45, 7) is 2.44. The van der Waals surface area contributed by atoms with Gasteiger partial charge in [-0.25, -0.2) is 0 Å². The Morgan fingerprint density at radius 3 is 2.25 bits per heavy atom. The molecule has 0 saturated carbocycles. The van der Waals surface area contributed by atoms with Gasteiger partial charge in [-0.3, -0.25) is 4.79 Å². The monoisotopic (exact) mass is 334 g/mol. The van der Waals surface area contributed by atoms with Crippen molar-refractivity contribution in [2.75, 3.05) is 13.2 Å².